The van der Waals surface area contributed by atoms with Crippen molar-refractivity contribution in [3.05, 3.63) is 12.3 Å². The first-order valence-corrected chi connectivity index (χ1v) is 5.60. The van der Waals surface area contributed by atoms with Gasteiger partial charge in [-0.05, 0) is 6.08 Å². The quantitative estimate of drug-likeness (QED) is 0.402. The Morgan fingerprint density at radius 3 is 2.89 bits per heavy atom. The average molecular weight is 259 g/mol. The minimum atomic E-state index is -1.23. The molecule has 0 aromatic rings. The van der Waals surface area contributed by atoms with Crippen LogP contribution in [0.15, 0.2) is 17.3 Å². The molecule has 102 valence electrons. The van der Waals surface area contributed by atoms with Gasteiger partial charge in [0.05, 0.1) is 12.7 Å². The molecule has 0 aliphatic carbocycles. The number of rotatable bonds is 5. The number of nitrogens with zero attached hydrogens (tertiary/aromatic N) is 2. The number of amidine groups is 1. The molecule has 0 bridgehead atoms. The molecule has 1 heterocycles. The maximum absolute atomic E-state index is 13.6. The van der Waals surface area contributed by atoms with Crippen molar-refractivity contribution >= 4 is 12.2 Å². The lowest BCUT2D eigenvalue weighted by atomic mass is 10.2. The highest BCUT2D eigenvalue weighted by Gasteiger charge is 2.35. The second kappa shape index (κ2) is 7.07. The van der Waals surface area contributed by atoms with Crippen LogP contribution in [-0.2, 0) is 9.53 Å². The zero-order valence-corrected chi connectivity index (χ0v) is 10.4. The number of nitrogens with one attached hydrogen (secondary N) is 1. The lowest BCUT2D eigenvalue weighted by Gasteiger charge is -2.16. The highest BCUT2D eigenvalue weighted by Crippen LogP contribution is 2.24. The van der Waals surface area contributed by atoms with E-state index >= 15 is 0 Å². The number of aliphatic hydroxyl groups is 1. The Balaban J connectivity index is 2.72. The van der Waals surface area contributed by atoms with Gasteiger partial charge in [-0.2, -0.15) is 0 Å². The van der Waals surface area contributed by atoms with Crippen LogP contribution in [0, 0.1) is 0 Å². The summed E-state index contributed by atoms with van der Waals surface area (Å²) in [4.78, 5) is 15.9. The van der Waals surface area contributed by atoms with Crippen LogP contribution in [0.25, 0.3) is 0 Å². The maximum atomic E-state index is 13.6. The molecular formula is C11H18FN3O3. The Morgan fingerprint density at radius 2 is 2.39 bits per heavy atom. The van der Waals surface area contributed by atoms with Crippen LogP contribution in [0.4, 0.5) is 4.39 Å². The number of ether oxygens (including phenoxy) is 1. The van der Waals surface area contributed by atoms with Crippen LogP contribution in [0.1, 0.15) is 6.42 Å². The molecule has 18 heavy (non-hydrogen) atoms. The summed E-state index contributed by atoms with van der Waals surface area (Å²) in [6.45, 7) is -0.216. The molecule has 7 heteroatoms. The molecule has 0 aromatic carbocycles. The zero-order chi connectivity index (χ0) is 13.5. The third kappa shape index (κ3) is 4.08. The smallest absolute Gasteiger partial charge is 0.211 e. The molecule has 1 aliphatic heterocycles. The van der Waals surface area contributed by atoms with Gasteiger partial charge in [0.2, 0.25) is 6.41 Å². The molecule has 1 aliphatic rings. The molecule has 0 aromatic heterocycles. The highest BCUT2D eigenvalue weighted by molar-refractivity contribution is 5.92. The number of amides is 1. The van der Waals surface area contributed by atoms with Crippen LogP contribution in [0.2, 0.25) is 0 Å². The standard InChI is InChI=1S/C11H18FN3O3/c1-15(2)10(3-4-13-7-17)14-11-9(12)5-8(6-16)18-11/h3-4,7-9,11,16H,5-6H2,1-2H3,(H,13,17)/b4-3-,14-10?. The number of likely N-dealkylation sites (N-methyl/N-ethyl adjacent to an activating group) is 1. The Bertz CT molecular complexity index is 333. The molecular weight excluding hydrogens is 241 g/mol. The van der Waals surface area contributed by atoms with E-state index < -0.39 is 18.5 Å². The number of aliphatic hydroxyl groups excluding tert-OH is 1. The molecule has 2 N–H and O–H groups in total. The molecule has 6 nitrogen and oxygen atoms in total. The van der Waals surface area contributed by atoms with Gasteiger partial charge in [0, 0.05) is 26.7 Å². The van der Waals surface area contributed by atoms with E-state index in [1.54, 1.807) is 19.0 Å². The number of hydrogen-bond donors (Lipinski definition) is 2. The maximum Gasteiger partial charge on any atom is 0.211 e. The predicted octanol–water partition coefficient (Wildman–Crippen LogP) is -0.348. The first-order chi connectivity index (χ1) is 8.58. The normalized spacial score (nSPS) is 28.7. The fourth-order valence-corrected chi connectivity index (χ4v) is 1.53. The van der Waals surface area contributed by atoms with Gasteiger partial charge in [0.15, 0.2) is 6.23 Å². The van der Waals surface area contributed by atoms with Crippen molar-refractivity contribution in [2.75, 3.05) is 20.7 Å². The van der Waals surface area contributed by atoms with E-state index in [9.17, 15) is 9.18 Å². The molecule has 1 fully saturated rings. The van der Waals surface area contributed by atoms with Gasteiger partial charge in [-0.1, -0.05) is 0 Å². The van der Waals surface area contributed by atoms with Crippen molar-refractivity contribution in [1.82, 2.24) is 10.2 Å². The second-order valence-electron chi connectivity index (χ2n) is 4.08. The molecule has 0 spiro atoms. The summed E-state index contributed by atoms with van der Waals surface area (Å²) in [7, 11) is 3.49. The number of carbonyl (C=O) groups is 1. The predicted molar refractivity (Wildman–Crippen MR) is 64.7 cm³/mol. The van der Waals surface area contributed by atoms with Crippen LogP contribution >= 0.6 is 0 Å². The Hall–Kier alpha value is -1.47. The van der Waals surface area contributed by atoms with Crippen molar-refractivity contribution in [1.29, 1.82) is 0 Å². The summed E-state index contributed by atoms with van der Waals surface area (Å²) in [5.74, 6) is 0.468. The minimum Gasteiger partial charge on any atom is -0.394 e. The third-order valence-electron chi connectivity index (χ3n) is 2.45. The van der Waals surface area contributed by atoms with Crippen molar-refractivity contribution in [3.8, 4) is 0 Å². The van der Waals surface area contributed by atoms with Gasteiger partial charge in [-0.25, -0.2) is 9.38 Å². The first-order valence-electron chi connectivity index (χ1n) is 5.60. The zero-order valence-electron chi connectivity index (χ0n) is 10.4. The largest absolute Gasteiger partial charge is 0.394 e. The number of carbonyl (C=O) groups excluding carboxylic acids is 1. The molecule has 3 unspecified atom stereocenters. The van der Waals surface area contributed by atoms with Gasteiger partial charge >= 0.3 is 0 Å². The van der Waals surface area contributed by atoms with Gasteiger partial charge in [0.25, 0.3) is 0 Å². The fraction of sp³-hybridized carbons (Fsp3) is 0.636. The summed E-state index contributed by atoms with van der Waals surface area (Å²) in [5, 5.41) is 11.3. The van der Waals surface area contributed by atoms with E-state index in [1.165, 1.54) is 12.3 Å². The summed E-state index contributed by atoms with van der Waals surface area (Å²) < 4.78 is 18.8. The van der Waals surface area contributed by atoms with Crippen LogP contribution in [0.5, 0.6) is 0 Å². The molecule has 3 atom stereocenters. The van der Waals surface area contributed by atoms with Crippen LogP contribution in [0.3, 0.4) is 0 Å². The monoisotopic (exact) mass is 259 g/mol. The van der Waals surface area contributed by atoms with E-state index in [-0.39, 0.29) is 13.0 Å². The van der Waals surface area contributed by atoms with E-state index in [1.807, 2.05) is 0 Å². The van der Waals surface area contributed by atoms with Crippen LogP contribution < -0.4 is 5.32 Å². The fourth-order valence-electron chi connectivity index (χ4n) is 1.53. The molecule has 1 rings (SSSR count). The first kappa shape index (κ1) is 14.6. The van der Waals surface area contributed by atoms with E-state index in [4.69, 9.17) is 9.84 Å². The van der Waals surface area contributed by atoms with Gasteiger partial charge in [-0.3, -0.25) is 4.79 Å². The second-order valence-corrected chi connectivity index (χ2v) is 4.08. The van der Waals surface area contributed by atoms with E-state index in [0.717, 1.165) is 0 Å². The van der Waals surface area contributed by atoms with Gasteiger partial charge in [0.1, 0.15) is 12.0 Å². The lowest BCUT2D eigenvalue weighted by molar-refractivity contribution is -0.108. The molecule has 1 saturated heterocycles. The third-order valence-corrected chi connectivity index (χ3v) is 2.45. The molecule has 1 amide bonds. The molecule has 0 radical (unpaired) electrons. The van der Waals surface area contributed by atoms with Crippen molar-refractivity contribution in [2.24, 2.45) is 4.99 Å². The number of halogens is 1. The highest BCUT2D eigenvalue weighted by atomic mass is 19.1. The number of hydrogen-bond acceptors (Lipinski definition) is 4. The van der Waals surface area contributed by atoms with Gasteiger partial charge < -0.3 is 20.1 Å². The lowest BCUT2D eigenvalue weighted by Crippen LogP contribution is -2.25. The van der Waals surface area contributed by atoms with Crippen LogP contribution in [-0.4, -0.2) is 61.5 Å². The molecule has 0 saturated carbocycles. The summed E-state index contributed by atoms with van der Waals surface area (Å²) in [5.41, 5.74) is 0. The number of aliphatic imine (C=N–C) groups is 1. The summed E-state index contributed by atoms with van der Waals surface area (Å²) >= 11 is 0. The Morgan fingerprint density at radius 1 is 1.67 bits per heavy atom. The topological polar surface area (TPSA) is 74.2 Å². The van der Waals surface area contributed by atoms with Crippen molar-refractivity contribution in [3.63, 3.8) is 0 Å². The average Bonchev–Trinajstić information content (AvgIpc) is 2.69. The van der Waals surface area contributed by atoms with E-state index in [2.05, 4.69) is 10.3 Å². The van der Waals surface area contributed by atoms with Crippen molar-refractivity contribution < 1.29 is 19.0 Å². The summed E-state index contributed by atoms with van der Waals surface area (Å²) in [6.07, 6.45) is 0.949. The minimum absolute atomic E-state index is 0.141. The SMILES string of the molecule is CN(C)C(/C=C\NC=O)=NC1OC(CO)CC1F. The van der Waals surface area contributed by atoms with Gasteiger partial charge in [-0.15, -0.1) is 0 Å². The Labute approximate surface area is 105 Å². The number of alkyl halides is 1. The summed E-state index contributed by atoms with van der Waals surface area (Å²) in [6, 6.07) is 0. The Kier molecular flexibility index (Phi) is 5.73. The van der Waals surface area contributed by atoms with E-state index in [0.29, 0.717) is 12.2 Å². The van der Waals surface area contributed by atoms with Crippen molar-refractivity contribution in [2.45, 2.75) is 24.9 Å².